The van der Waals surface area contributed by atoms with Gasteiger partial charge in [-0.25, -0.2) is 4.98 Å². The van der Waals surface area contributed by atoms with Crippen molar-refractivity contribution in [3.8, 4) is 0 Å². The Morgan fingerprint density at radius 2 is 2.37 bits per heavy atom. The van der Waals surface area contributed by atoms with E-state index in [4.69, 9.17) is 0 Å². The molecular weight excluding hydrogens is 240 g/mol. The molecule has 5 heteroatoms. The highest BCUT2D eigenvalue weighted by Gasteiger charge is 2.16. The SMILES string of the molecule is Cn1cncc1C(=O)Nc1cccc2c1NCCC2. The largest absolute Gasteiger partial charge is 0.383 e. The van der Waals surface area contributed by atoms with Gasteiger partial charge in [0.05, 0.1) is 23.9 Å². The van der Waals surface area contributed by atoms with Crippen LogP contribution < -0.4 is 10.6 Å². The Kier molecular flexibility index (Phi) is 2.95. The second-order valence-electron chi connectivity index (χ2n) is 4.71. The number of nitrogens with zero attached hydrogens (tertiary/aromatic N) is 2. The molecule has 1 aliphatic heterocycles. The van der Waals surface area contributed by atoms with E-state index in [-0.39, 0.29) is 5.91 Å². The van der Waals surface area contributed by atoms with Crippen LogP contribution >= 0.6 is 0 Å². The summed E-state index contributed by atoms with van der Waals surface area (Å²) in [5.41, 5.74) is 3.69. The smallest absolute Gasteiger partial charge is 0.273 e. The lowest BCUT2D eigenvalue weighted by Crippen LogP contribution is -2.19. The van der Waals surface area contributed by atoms with Gasteiger partial charge in [0.2, 0.25) is 0 Å². The molecule has 0 saturated carbocycles. The lowest BCUT2D eigenvalue weighted by atomic mass is 10.0. The minimum Gasteiger partial charge on any atom is -0.383 e. The molecule has 0 saturated heterocycles. The van der Waals surface area contributed by atoms with Crippen molar-refractivity contribution >= 4 is 17.3 Å². The number of rotatable bonds is 2. The highest BCUT2D eigenvalue weighted by atomic mass is 16.2. The molecule has 1 aromatic carbocycles. The van der Waals surface area contributed by atoms with Crippen LogP contribution in [0.1, 0.15) is 22.5 Å². The second-order valence-corrected chi connectivity index (χ2v) is 4.71. The molecule has 2 heterocycles. The number of fused-ring (bicyclic) bond motifs is 1. The van der Waals surface area contributed by atoms with Crippen molar-refractivity contribution in [1.29, 1.82) is 0 Å². The van der Waals surface area contributed by atoms with Crippen molar-refractivity contribution in [3.05, 3.63) is 42.0 Å². The van der Waals surface area contributed by atoms with E-state index in [1.807, 2.05) is 12.1 Å². The van der Waals surface area contributed by atoms with E-state index >= 15 is 0 Å². The third-order valence-corrected chi connectivity index (χ3v) is 3.37. The van der Waals surface area contributed by atoms with Crippen LogP contribution in [-0.4, -0.2) is 22.0 Å². The highest BCUT2D eigenvalue weighted by Crippen LogP contribution is 2.30. The summed E-state index contributed by atoms with van der Waals surface area (Å²) in [4.78, 5) is 16.1. The molecule has 2 N–H and O–H groups in total. The summed E-state index contributed by atoms with van der Waals surface area (Å²) in [6.45, 7) is 0.950. The molecule has 5 nitrogen and oxygen atoms in total. The predicted octanol–water partition coefficient (Wildman–Crippen LogP) is 2.03. The summed E-state index contributed by atoms with van der Waals surface area (Å²) in [5.74, 6) is -0.138. The number of amides is 1. The fraction of sp³-hybridized carbons (Fsp3) is 0.286. The quantitative estimate of drug-likeness (QED) is 0.864. The van der Waals surface area contributed by atoms with Gasteiger partial charge in [-0.05, 0) is 24.5 Å². The summed E-state index contributed by atoms with van der Waals surface area (Å²) in [7, 11) is 1.81. The molecule has 0 bridgehead atoms. The summed E-state index contributed by atoms with van der Waals surface area (Å²) in [5, 5.41) is 6.31. The van der Waals surface area contributed by atoms with Crippen LogP contribution in [-0.2, 0) is 13.5 Å². The van der Waals surface area contributed by atoms with Gasteiger partial charge in [0.1, 0.15) is 5.69 Å². The van der Waals surface area contributed by atoms with Gasteiger partial charge in [0.25, 0.3) is 5.91 Å². The Hall–Kier alpha value is -2.30. The van der Waals surface area contributed by atoms with Gasteiger partial charge in [-0.2, -0.15) is 0 Å². The maximum Gasteiger partial charge on any atom is 0.273 e. The topological polar surface area (TPSA) is 59.0 Å². The zero-order chi connectivity index (χ0) is 13.2. The average Bonchev–Trinajstić information content (AvgIpc) is 2.85. The van der Waals surface area contributed by atoms with Crippen LogP contribution in [0.25, 0.3) is 0 Å². The molecule has 1 amide bonds. The van der Waals surface area contributed by atoms with Gasteiger partial charge in [-0.15, -0.1) is 0 Å². The van der Waals surface area contributed by atoms with Crippen LogP contribution in [0.2, 0.25) is 0 Å². The van der Waals surface area contributed by atoms with Gasteiger partial charge in [0.15, 0.2) is 0 Å². The molecule has 0 spiro atoms. The summed E-state index contributed by atoms with van der Waals surface area (Å²) < 4.78 is 1.71. The van der Waals surface area contributed by atoms with Crippen molar-refractivity contribution in [2.75, 3.05) is 17.2 Å². The summed E-state index contributed by atoms with van der Waals surface area (Å²) in [6, 6.07) is 6.00. The first-order chi connectivity index (χ1) is 9.25. The predicted molar refractivity (Wildman–Crippen MR) is 74.4 cm³/mol. The fourth-order valence-corrected chi connectivity index (χ4v) is 2.38. The maximum atomic E-state index is 12.2. The molecule has 98 valence electrons. The number of aromatic nitrogens is 2. The Morgan fingerprint density at radius 1 is 1.47 bits per heavy atom. The number of carbonyl (C=O) groups excluding carboxylic acids is 1. The monoisotopic (exact) mass is 256 g/mol. The Balaban J connectivity index is 1.88. The Morgan fingerprint density at radius 3 is 3.16 bits per heavy atom. The first kappa shape index (κ1) is 11.8. The molecule has 0 atom stereocenters. The number of imidazole rings is 1. The van der Waals surface area contributed by atoms with Crippen molar-refractivity contribution in [1.82, 2.24) is 9.55 Å². The molecule has 0 unspecified atom stereocenters. The van der Waals surface area contributed by atoms with Gasteiger partial charge >= 0.3 is 0 Å². The van der Waals surface area contributed by atoms with E-state index in [1.54, 1.807) is 24.1 Å². The van der Waals surface area contributed by atoms with E-state index in [0.29, 0.717) is 5.69 Å². The number of hydrogen-bond acceptors (Lipinski definition) is 3. The third kappa shape index (κ3) is 2.19. The number of hydrogen-bond donors (Lipinski definition) is 2. The van der Waals surface area contributed by atoms with Gasteiger partial charge < -0.3 is 15.2 Å². The second kappa shape index (κ2) is 4.76. The summed E-state index contributed by atoms with van der Waals surface area (Å²) in [6.07, 6.45) is 5.37. The number of nitrogens with one attached hydrogen (secondary N) is 2. The maximum absolute atomic E-state index is 12.2. The minimum absolute atomic E-state index is 0.138. The zero-order valence-electron chi connectivity index (χ0n) is 10.8. The Labute approximate surface area is 111 Å². The number of benzene rings is 1. The van der Waals surface area contributed by atoms with Crippen molar-refractivity contribution in [3.63, 3.8) is 0 Å². The van der Waals surface area contributed by atoms with E-state index in [2.05, 4.69) is 21.7 Å². The molecule has 2 aromatic rings. The van der Waals surface area contributed by atoms with E-state index in [0.717, 1.165) is 30.8 Å². The lowest BCUT2D eigenvalue weighted by Gasteiger charge is -2.21. The normalized spacial score (nSPS) is 13.5. The third-order valence-electron chi connectivity index (χ3n) is 3.37. The molecule has 0 fully saturated rings. The molecule has 19 heavy (non-hydrogen) atoms. The molecule has 0 aliphatic carbocycles. The highest BCUT2D eigenvalue weighted by molar-refractivity contribution is 6.05. The number of carbonyl (C=O) groups is 1. The van der Waals surface area contributed by atoms with Crippen LogP contribution in [0, 0.1) is 0 Å². The van der Waals surface area contributed by atoms with Crippen LogP contribution in [0.4, 0.5) is 11.4 Å². The van der Waals surface area contributed by atoms with E-state index < -0.39 is 0 Å². The zero-order valence-corrected chi connectivity index (χ0v) is 10.8. The fourth-order valence-electron chi connectivity index (χ4n) is 2.38. The Bertz CT molecular complexity index is 618. The van der Waals surface area contributed by atoms with Gasteiger partial charge in [0, 0.05) is 13.6 Å². The number of aryl methyl sites for hydroxylation is 2. The van der Waals surface area contributed by atoms with E-state index in [9.17, 15) is 4.79 Å². The van der Waals surface area contributed by atoms with Crippen molar-refractivity contribution in [2.45, 2.75) is 12.8 Å². The molecule has 0 radical (unpaired) electrons. The molecule has 1 aliphatic rings. The van der Waals surface area contributed by atoms with Crippen LogP contribution in [0.15, 0.2) is 30.7 Å². The van der Waals surface area contributed by atoms with Crippen LogP contribution in [0.5, 0.6) is 0 Å². The minimum atomic E-state index is -0.138. The standard InChI is InChI=1S/C14H16N4O/c1-18-9-15-8-12(18)14(19)17-11-6-2-4-10-5-3-7-16-13(10)11/h2,4,6,8-9,16H,3,5,7H2,1H3,(H,17,19). The average molecular weight is 256 g/mol. The number of para-hydroxylation sites is 1. The van der Waals surface area contributed by atoms with Crippen molar-refractivity contribution < 1.29 is 4.79 Å². The van der Waals surface area contributed by atoms with Crippen LogP contribution in [0.3, 0.4) is 0 Å². The lowest BCUT2D eigenvalue weighted by molar-refractivity contribution is 0.101. The molecule has 3 rings (SSSR count). The van der Waals surface area contributed by atoms with E-state index in [1.165, 1.54) is 5.56 Å². The molecule has 1 aromatic heterocycles. The summed E-state index contributed by atoms with van der Waals surface area (Å²) >= 11 is 0. The first-order valence-corrected chi connectivity index (χ1v) is 6.39. The van der Waals surface area contributed by atoms with Crippen molar-refractivity contribution in [2.24, 2.45) is 7.05 Å². The first-order valence-electron chi connectivity index (χ1n) is 6.39. The van der Waals surface area contributed by atoms with Gasteiger partial charge in [-0.3, -0.25) is 4.79 Å². The number of anilines is 2. The molecular formula is C14H16N4O. The van der Waals surface area contributed by atoms with Gasteiger partial charge in [-0.1, -0.05) is 12.1 Å².